The van der Waals surface area contributed by atoms with Crippen molar-refractivity contribution in [1.82, 2.24) is 9.47 Å². The summed E-state index contributed by atoms with van der Waals surface area (Å²) in [6, 6.07) is 12.1. The van der Waals surface area contributed by atoms with E-state index in [1.165, 1.54) is 18.2 Å². The summed E-state index contributed by atoms with van der Waals surface area (Å²) in [4.78, 5) is 30.1. The quantitative estimate of drug-likeness (QED) is 0.633. The van der Waals surface area contributed by atoms with E-state index >= 15 is 0 Å². The van der Waals surface area contributed by atoms with E-state index in [0.29, 0.717) is 37.0 Å². The van der Waals surface area contributed by atoms with E-state index in [1.807, 2.05) is 39.9 Å². The van der Waals surface area contributed by atoms with Crippen molar-refractivity contribution in [1.29, 1.82) is 0 Å². The number of carbonyl (C=O) groups excluding carboxylic acids is 1. The zero-order chi connectivity index (χ0) is 21.1. The number of halogens is 1. The molecule has 0 atom stereocenters. The predicted octanol–water partition coefficient (Wildman–Crippen LogP) is 3.60. The molecule has 1 aliphatic heterocycles. The van der Waals surface area contributed by atoms with E-state index in [0.717, 1.165) is 16.5 Å². The molecular weight excluding hydrogens is 406 g/mol. The second-order valence-corrected chi connectivity index (χ2v) is 7.36. The van der Waals surface area contributed by atoms with Crippen LogP contribution in [0.1, 0.15) is 15.9 Å². The monoisotopic (exact) mass is 425 g/mol. The first-order chi connectivity index (χ1) is 14.5. The van der Waals surface area contributed by atoms with Gasteiger partial charge in [0, 0.05) is 42.0 Å². The first-order valence-electron chi connectivity index (χ1n) is 9.53. The minimum atomic E-state index is -1.04. The van der Waals surface area contributed by atoms with Crippen LogP contribution in [0.2, 0.25) is 5.02 Å². The summed E-state index contributed by atoms with van der Waals surface area (Å²) in [6.45, 7) is 2.55. The molecule has 1 amide bonds. The Morgan fingerprint density at radius 1 is 1.17 bits per heavy atom. The number of amides is 1. The Bertz CT molecular complexity index is 1130. The second kappa shape index (κ2) is 8.69. The number of rotatable bonds is 5. The van der Waals surface area contributed by atoms with E-state index in [9.17, 15) is 14.7 Å². The van der Waals surface area contributed by atoms with Gasteiger partial charge in [-0.2, -0.15) is 0 Å². The van der Waals surface area contributed by atoms with Crippen LogP contribution in [0, 0.1) is 0 Å². The van der Waals surface area contributed by atoms with Gasteiger partial charge in [0.2, 0.25) is 5.91 Å². The molecule has 1 aromatic heterocycles. The van der Waals surface area contributed by atoms with Crippen LogP contribution in [-0.4, -0.2) is 59.0 Å². The lowest BCUT2D eigenvalue weighted by Crippen LogP contribution is -2.42. The smallest absolute Gasteiger partial charge is 0.335 e. The largest absolute Gasteiger partial charge is 0.478 e. The molecule has 2 heterocycles. The van der Waals surface area contributed by atoms with E-state index in [-0.39, 0.29) is 18.0 Å². The van der Waals surface area contributed by atoms with Crippen molar-refractivity contribution in [2.75, 3.05) is 26.3 Å². The highest BCUT2D eigenvalue weighted by atomic mass is 35.5. The highest BCUT2D eigenvalue weighted by Crippen LogP contribution is 2.27. The number of nitrogens with zero attached hydrogens (tertiary/aromatic N) is 3. The molecule has 8 heteroatoms. The van der Waals surface area contributed by atoms with Crippen LogP contribution in [-0.2, 0) is 16.1 Å². The van der Waals surface area contributed by atoms with Crippen molar-refractivity contribution in [3.8, 4) is 0 Å². The number of aliphatic imine (C=N–C) groups is 1. The Hall–Kier alpha value is -3.16. The lowest BCUT2D eigenvalue weighted by molar-refractivity contribution is -0.135. The molecule has 154 valence electrons. The fourth-order valence-corrected chi connectivity index (χ4v) is 3.62. The second-order valence-electron chi connectivity index (χ2n) is 6.95. The summed E-state index contributed by atoms with van der Waals surface area (Å²) >= 11 is 6.17. The van der Waals surface area contributed by atoms with Crippen LogP contribution >= 0.6 is 11.6 Å². The number of morpholine rings is 1. The predicted molar refractivity (Wildman–Crippen MR) is 115 cm³/mol. The maximum Gasteiger partial charge on any atom is 0.335 e. The van der Waals surface area contributed by atoms with Gasteiger partial charge in [-0.3, -0.25) is 9.79 Å². The number of para-hydroxylation sites is 1. The number of carboxylic acid groups (broad SMARTS) is 1. The molecule has 0 radical (unpaired) electrons. The van der Waals surface area contributed by atoms with Gasteiger partial charge in [0.15, 0.2) is 0 Å². The van der Waals surface area contributed by atoms with E-state index in [2.05, 4.69) is 4.99 Å². The summed E-state index contributed by atoms with van der Waals surface area (Å²) in [6.07, 6.45) is 3.52. The lowest BCUT2D eigenvalue weighted by Gasteiger charge is -2.27. The third-order valence-electron chi connectivity index (χ3n) is 5.02. The Kier molecular flexibility index (Phi) is 5.83. The van der Waals surface area contributed by atoms with E-state index < -0.39 is 5.97 Å². The highest BCUT2D eigenvalue weighted by molar-refractivity contribution is 6.33. The van der Waals surface area contributed by atoms with Crippen molar-refractivity contribution >= 4 is 46.3 Å². The molecule has 1 saturated heterocycles. The maximum atomic E-state index is 12.7. The number of hydrogen-bond donors (Lipinski definition) is 1. The van der Waals surface area contributed by atoms with Gasteiger partial charge in [-0.25, -0.2) is 4.79 Å². The van der Waals surface area contributed by atoms with Gasteiger partial charge in [-0.05, 0) is 24.3 Å². The SMILES string of the molecule is O=C(O)c1ccc(Cl)c(N=Cc2cn(CC(=O)N3CCOCC3)c3ccccc23)c1. The number of ether oxygens (including phenoxy) is 1. The van der Waals surface area contributed by atoms with Crippen molar-refractivity contribution in [3.63, 3.8) is 0 Å². The summed E-state index contributed by atoms with van der Waals surface area (Å²) in [5.41, 5.74) is 2.23. The van der Waals surface area contributed by atoms with Gasteiger partial charge in [0.25, 0.3) is 0 Å². The molecule has 1 aliphatic rings. The molecule has 30 heavy (non-hydrogen) atoms. The molecule has 2 aromatic carbocycles. The molecular formula is C22H20ClN3O4. The number of hydrogen-bond acceptors (Lipinski definition) is 4. The number of aromatic carboxylic acids is 1. The van der Waals surface area contributed by atoms with Crippen LogP contribution in [0.5, 0.6) is 0 Å². The number of carbonyl (C=O) groups is 2. The topological polar surface area (TPSA) is 84.1 Å². The minimum absolute atomic E-state index is 0.0414. The Morgan fingerprint density at radius 3 is 2.70 bits per heavy atom. The highest BCUT2D eigenvalue weighted by Gasteiger charge is 2.18. The van der Waals surface area contributed by atoms with Crippen molar-refractivity contribution < 1.29 is 19.4 Å². The third-order valence-corrected chi connectivity index (χ3v) is 5.34. The Morgan fingerprint density at radius 2 is 1.93 bits per heavy atom. The number of aromatic nitrogens is 1. The fraction of sp³-hybridized carbons (Fsp3) is 0.227. The summed E-state index contributed by atoms with van der Waals surface area (Å²) in [5.74, 6) is -0.999. The number of carboxylic acids is 1. The zero-order valence-corrected chi connectivity index (χ0v) is 16.9. The molecule has 0 spiro atoms. The van der Waals surface area contributed by atoms with E-state index in [4.69, 9.17) is 16.3 Å². The standard InChI is InChI=1S/C22H20ClN3O4/c23-18-6-5-15(22(28)29)11-19(18)24-12-16-13-26(20-4-2-1-3-17(16)20)14-21(27)25-7-9-30-10-8-25/h1-6,11-13H,7-10,14H2,(H,28,29). The normalized spacial score (nSPS) is 14.5. The average molecular weight is 426 g/mol. The number of benzene rings is 2. The summed E-state index contributed by atoms with van der Waals surface area (Å²) in [5, 5.41) is 10.5. The van der Waals surface area contributed by atoms with Gasteiger partial charge in [0.1, 0.15) is 6.54 Å². The third kappa shape index (κ3) is 4.22. The molecule has 3 aromatic rings. The van der Waals surface area contributed by atoms with Crippen molar-refractivity contribution in [2.24, 2.45) is 4.99 Å². The molecule has 0 bridgehead atoms. The Balaban J connectivity index is 1.64. The van der Waals surface area contributed by atoms with E-state index in [1.54, 1.807) is 6.21 Å². The van der Waals surface area contributed by atoms with Crippen LogP contribution in [0.15, 0.2) is 53.7 Å². The molecule has 0 aliphatic carbocycles. The summed E-state index contributed by atoms with van der Waals surface area (Å²) < 4.78 is 7.22. The van der Waals surface area contributed by atoms with Gasteiger partial charge in [-0.1, -0.05) is 29.8 Å². The molecule has 7 nitrogen and oxygen atoms in total. The minimum Gasteiger partial charge on any atom is -0.478 e. The summed E-state index contributed by atoms with van der Waals surface area (Å²) in [7, 11) is 0. The van der Waals surface area contributed by atoms with Gasteiger partial charge in [0.05, 0.1) is 29.5 Å². The van der Waals surface area contributed by atoms with Crippen LogP contribution in [0.3, 0.4) is 0 Å². The number of fused-ring (bicyclic) bond motifs is 1. The maximum absolute atomic E-state index is 12.7. The lowest BCUT2D eigenvalue weighted by atomic mass is 10.2. The van der Waals surface area contributed by atoms with Crippen molar-refractivity contribution in [3.05, 3.63) is 64.8 Å². The molecule has 1 N–H and O–H groups in total. The first-order valence-corrected chi connectivity index (χ1v) is 9.91. The van der Waals surface area contributed by atoms with Gasteiger partial charge >= 0.3 is 5.97 Å². The van der Waals surface area contributed by atoms with Gasteiger partial charge < -0.3 is 19.3 Å². The molecule has 1 fully saturated rings. The Labute approximate surface area is 178 Å². The zero-order valence-electron chi connectivity index (χ0n) is 16.1. The molecule has 0 saturated carbocycles. The average Bonchev–Trinajstić information content (AvgIpc) is 3.11. The molecule has 4 rings (SSSR count). The van der Waals surface area contributed by atoms with Crippen LogP contribution in [0.4, 0.5) is 5.69 Å². The van der Waals surface area contributed by atoms with Crippen LogP contribution < -0.4 is 0 Å². The fourth-order valence-electron chi connectivity index (χ4n) is 3.45. The first kappa shape index (κ1) is 20.1. The van der Waals surface area contributed by atoms with Gasteiger partial charge in [-0.15, -0.1) is 0 Å². The molecule has 0 unspecified atom stereocenters. The van der Waals surface area contributed by atoms with Crippen molar-refractivity contribution in [2.45, 2.75) is 6.54 Å². The van der Waals surface area contributed by atoms with Crippen LogP contribution in [0.25, 0.3) is 10.9 Å².